The predicted octanol–water partition coefficient (Wildman–Crippen LogP) is 1.96. The molecule has 0 saturated carbocycles. The molecular formula is C9H8BrN3O. The van der Waals surface area contributed by atoms with Gasteiger partial charge in [-0.15, -0.1) is 10.2 Å². The van der Waals surface area contributed by atoms with Gasteiger partial charge in [-0.3, -0.25) is 0 Å². The molecule has 0 aliphatic heterocycles. The number of nitrogens with zero attached hydrogens (tertiary/aromatic N) is 2. The second kappa shape index (κ2) is 3.89. The van der Waals surface area contributed by atoms with Crippen LogP contribution in [0.25, 0.3) is 11.5 Å². The minimum absolute atomic E-state index is 0.267. The average molecular weight is 254 g/mol. The van der Waals surface area contributed by atoms with Crippen molar-refractivity contribution in [3.63, 3.8) is 0 Å². The first kappa shape index (κ1) is 9.36. The molecule has 2 N–H and O–H groups in total. The maximum absolute atomic E-state index is 5.36. The van der Waals surface area contributed by atoms with Crippen molar-refractivity contribution in [1.29, 1.82) is 0 Å². The Bertz CT molecular complexity index is 424. The summed E-state index contributed by atoms with van der Waals surface area (Å²) >= 11 is 3.35. The molecule has 14 heavy (non-hydrogen) atoms. The van der Waals surface area contributed by atoms with E-state index in [1.807, 2.05) is 24.3 Å². The average Bonchev–Trinajstić information content (AvgIpc) is 2.67. The van der Waals surface area contributed by atoms with Crippen LogP contribution >= 0.6 is 15.9 Å². The quantitative estimate of drug-likeness (QED) is 0.889. The van der Waals surface area contributed by atoms with Gasteiger partial charge in [-0.25, -0.2) is 0 Å². The molecule has 2 rings (SSSR count). The van der Waals surface area contributed by atoms with Gasteiger partial charge >= 0.3 is 0 Å². The Morgan fingerprint density at radius 3 is 2.50 bits per heavy atom. The van der Waals surface area contributed by atoms with Crippen LogP contribution in [0, 0.1) is 0 Å². The summed E-state index contributed by atoms with van der Waals surface area (Å²) in [6.45, 7) is 0.267. The van der Waals surface area contributed by atoms with E-state index in [0.717, 1.165) is 10.0 Å². The van der Waals surface area contributed by atoms with Crippen molar-refractivity contribution < 1.29 is 4.42 Å². The molecule has 0 bridgehead atoms. The maximum atomic E-state index is 5.36. The lowest BCUT2D eigenvalue weighted by Gasteiger charge is -1.93. The smallest absolute Gasteiger partial charge is 0.247 e. The summed E-state index contributed by atoms with van der Waals surface area (Å²) in [5.74, 6) is 0.945. The predicted molar refractivity (Wildman–Crippen MR) is 55.3 cm³/mol. The summed E-state index contributed by atoms with van der Waals surface area (Å²) in [4.78, 5) is 0. The molecule has 0 unspecified atom stereocenters. The van der Waals surface area contributed by atoms with Crippen LogP contribution in [-0.2, 0) is 6.54 Å². The van der Waals surface area contributed by atoms with E-state index in [9.17, 15) is 0 Å². The lowest BCUT2D eigenvalue weighted by Crippen LogP contribution is -1.95. The Hall–Kier alpha value is -1.20. The third kappa shape index (κ3) is 1.83. The van der Waals surface area contributed by atoms with Gasteiger partial charge < -0.3 is 10.2 Å². The summed E-state index contributed by atoms with van der Waals surface area (Å²) in [5.41, 5.74) is 6.25. The molecule has 0 radical (unpaired) electrons. The van der Waals surface area contributed by atoms with E-state index in [-0.39, 0.29) is 6.54 Å². The van der Waals surface area contributed by atoms with Crippen LogP contribution in [0.2, 0.25) is 0 Å². The maximum Gasteiger partial charge on any atom is 0.247 e. The molecule has 72 valence electrons. The summed E-state index contributed by atoms with van der Waals surface area (Å²) < 4.78 is 6.31. The minimum atomic E-state index is 0.267. The monoisotopic (exact) mass is 253 g/mol. The Kier molecular flexibility index (Phi) is 2.60. The molecule has 1 aromatic carbocycles. The summed E-state index contributed by atoms with van der Waals surface area (Å²) in [6.07, 6.45) is 0. The molecule has 4 nitrogen and oxygen atoms in total. The standard InChI is InChI=1S/C9H8BrN3O/c10-7-3-1-6(2-4-7)9-13-12-8(5-11)14-9/h1-4H,5,11H2. The lowest BCUT2D eigenvalue weighted by atomic mass is 10.2. The van der Waals surface area contributed by atoms with Crippen LogP contribution in [0.1, 0.15) is 5.89 Å². The van der Waals surface area contributed by atoms with Crippen LogP contribution < -0.4 is 5.73 Å². The number of rotatable bonds is 2. The topological polar surface area (TPSA) is 64.9 Å². The van der Waals surface area contributed by atoms with Crippen molar-refractivity contribution >= 4 is 15.9 Å². The molecule has 1 heterocycles. The Balaban J connectivity index is 2.34. The zero-order chi connectivity index (χ0) is 9.97. The third-order valence-electron chi connectivity index (χ3n) is 1.73. The summed E-state index contributed by atoms with van der Waals surface area (Å²) in [5, 5.41) is 7.66. The summed E-state index contributed by atoms with van der Waals surface area (Å²) in [7, 11) is 0. The van der Waals surface area contributed by atoms with Gasteiger partial charge in [0.25, 0.3) is 0 Å². The van der Waals surface area contributed by atoms with E-state index in [0.29, 0.717) is 11.8 Å². The van der Waals surface area contributed by atoms with Crippen molar-refractivity contribution in [2.24, 2.45) is 5.73 Å². The van der Waals surface area contributed by atoms with Gasteiger partial charge in [0.15, 0.2) is 0 Å². The van der Waals surface area contributed by atoms with Crippen molar-refractivity contribution in [2.75, 3.05) is 0 Å². The van der Waals surface area contributed by atoms with Gasteiger partial charge in [0, 0.05) is 10.0 Å². The Morgan fingerprint density at radius 2 is 1.93 bits per heavy atom. The van der Waals surface area contributed by atoms with E-state index < -0.39 is 0 Å². The number of hydrogen-bond donors (Lipinski definition) is 1. The van der Waals surface area contributed by atoms with Crippen LogP contribution in [0.15, 0.2) is 33.2 Å². The second-order valence-corrected chi connectivity index (χ2v) is 3.63. The zero-order valence-corrected chi connectivity index (χ0v) is 8.86. The molecule has 5 heteroatoms. The van der Waals surface area contributed by atoms with E-state index in [4.69, 9.17) is 10.2 Å². The van der Waals surface area contributed by atoms with E-state index >= 15 is 0 Å². The van der Waals surface area contributed by atoms with E-state index in [1.165, 1.54) is 0 Å². The SMILES string of the molecule is NCc1nnc(-c2ccc(Br)cc2)o1. The second-order valence-electron chi connectivity index (χ2n) is 2.71. The first-order valence-corrected chi connectivity index (χ1v) is 4.87. The number of aromatic nitrogens is 2. The number of benzene rings is 1. The molecule has 0 saturated heterocycles. The molecule has 0 aliphatic rings. The van der Waals surface area contributed by atoms with E-state index in [1.54, 1.807) is 0 Å². The van der Waals surface area contributed by atoms with E-state index in [2.05, 4.69) is 26.1 Å². The largest absolute Gasteiger partial charge is 0.419 e. The van der Waals surface area contributed by atoms with Gasteiger partial charge in [0.1, 0.15) is 0 Å². The molecule has 2 aromatic rings. The Morgan fingerprint density at radius 1 is 1.21 bits per heavy atom. The van der Waals surface area contributed by atoms with Gasteiger partial charge in [0.2, 0.25) is 11.8 Å². The molecule has 0 fully saturated rings. The van der Waals surface area contributed by atoms with Crippen molar-refractivity contribution in [3.8, 4) is 11.5 Å². The first-order chi connectivity index (χ1) is 6.79. The van der Waals surface area contributed by atoms with Gasteiger partial charge in [0.05, 0.1) is 6.54 Å². The highest BCUT2D eigenvalue weighted by Crippen LogP contribution is 2.20. The Labute approximate surface area is 89.3 Å². The summed E-state index contributed by atoms with van der Waals surface area (Å²) in [6, 6.07) is 7.64. The molecule has 0 atom stereocenters. The zero-order valence-electron chi connectivity index (χ0n) is 7.27. The molecule has 0 aliphatic carbocycles. The van der Waals surface area contributed by atoms with Crippen molar-refractivity contribution in [1.82, 2.24) is 10.2 Å². The van der Waals surface area contributed by atoms with Gasteiger partial charge in [-0.05, 0) is 24.3 Å². The van der Waals surface area contributed by atoms with Gasteiger partial charge in [-0.1, -0.05) is 15.9 Å². The highest BCUT2D eigenvalue weighted by Gasteiger charge is 2.06. The van der Waals surface area contributed by atoms with Crippen LogP contribution in [0.3, 0.4) is 0 Å². The normalized spacial score (nSPS) is 10.4. The number of halogens is 1. The van der Waals surface area contributed by atoms with Crippen LogP contribution in [0.5, 0.6) is 0 Å². The third-order valence-corrected chi connectivity index (χ3v) is 2.26. The highest BCUT2D eigenvalue weighted by molar-refractivity contribution is 9.10. The molecule has 0 spiro atoms. The number of hydrogen-bond acceptors (Lipinski definition) is 4. The first-order valence-electron chi connectivity index (χ1n) is 4.08. The van der Waals surface area contributed by atoms with Crippen LogP contribution in [0.4, 0.5) is 0 Å². The highest BCUT2D eigenvalue weighted by atomic mass is 79.9. The number of nitrogens with two attached hydrogens (primary N) is 1. The fraction of sp³-hybridized carbons (Fsp3) is 0.111. The van der Waals surface area contributed by atoms with Crippen molar-refractivity contribution in [3.05, 3.63) is 34.6 Å². The van der Waals surface area contributed by atoms with Gasteiger partial charge in [-0.2, -0.15) is 0 Å². The molecular weight excluding hydrogens is 246 g/mol. The molecule has 0 amide bonds. The fourth-order valence-corrected chi connectivity index (χ4v) is 1.31. The lowest BCUT2D eigenvalue weighted by molar-refractivity contribution is 0.508. The minimum Gasteiger partial charge on any atom is -0.419 e. The van der Waals surface area contributed by atoms with Crippen molar-refractivity contribution in [2.45, 2.75) is 6.54 Å². The molecule has 1 aromatic heterocycles. The van der Waals surface area contributed by atoms with Crippen LogP contribution in [-0.4, -0.2) is 10.2 Å². The fourth-order valence-electron chi connectivity index (χ4n) is 1.05.